The van der Waals surface area contributed by atoms with E-state index in [-0.39, 0.29) is 23.3 Å². The van der Waals surface area contributed by atoms with Gasteiger partial charge in [-0.15, -0.1) is 11.3 Å². The van der Waals surface area contributed by atoms with Crippen molar-refractivity contribution in [2.75, 3.05) is 36.9 Å². The number of nitrogens with zero attached hydrogens (tertiary/aromatic N) is 3. The molecule has 2 aromatic carbocycles. The maximum Gasteiger partial charge on any atom is 0.393 e. The van der Waals surface area contributed by atoms with E-state index in [9.17, 15) is 22.8 Å². The quantitative estimate of drug-likeness (QED) is 0.443. The van der Waals surface area contributed by atoms with E-state index < -0.39 is 48.6 Å². The van der Waals surface area contributed by atoms with Crippen molar-refractivity contribution in [3.63, 3.8) is 0 Å². The molecule has 3 aromatic rings. The van der Waals surface area contributed by atoms with Crippen molar-refractivity contribution in [1.82, 2.24) is 15.2 Å². The SMILES string of the molecule is C[C@@H]1CN(c2cc(F)c(-c3cccc4scnc34)cc2NC(=O)C2CNC(=O)CC2C(F)(F)F)C[C@H](C)N1C. The molecule has 0 aliphatic carbocycles. The Morgan fingerprint density at radius 1 is 1.15 bits per heavy atom. The van der Waals surface area contributed by atoms with E-state index in [1.54, 1.807) is 17.6 Å². The molecule has 2 amide bonds. The van der Waals surface area contributed by atoms with E-state index in [1.165, 1.54) is 23.5 Å². The van der Waals surface area contributed by atoms with Crippen LogP contribution in [-0.4, -0.2) is 66.6 Å². The third-order valence-corrected chi connectivity index (χ3v) is 8.66. The number of nitrogens with one attached hydrogen (secondary N) is 2. The summed E-state index contributed by atoms with van der Waals surface area (Å²) in [7, 11) is 2.00. The number of rotatable bonds is 4. The van der Waals surface area contributed by atoms with Gasteiger partial charge in [-0.2, -0.15) is 13.2 Å². The predicted octanol–water partition coefficient (Wildman–Crippen LogP) is 4.88. The van der Waals surface area contributed by atoms with Crippen molar-refractivity contribution in [3.05, 3.63) is 41.7 Å². The summed E-state index contributed by atoms with van der Waals surface area (Å²) in [6, 6.07) is 8.43. The zero-order valence-corrected chi connectivity index (χ0v) is 22.5. The Morgan fingerprint density at radius 3 is 2.56 bits per heavy atom. The number of benzene rings is 2. The van der Waals surface area contributed by atoms with Gasteiger partial charge in [0.15, 0.2) is 0 Å². The Labute approximate surface area is 227 Å². The number of likely N-dealkylation sites (N-methyl/N-ethyl adjacent to an activating group) is 1. The molecule has 39 heavy (non-hydrogen) atoms. The number of piperidine rings is 1. The molecule has 2 saturated heterocycles. The normalized spacial score (nSPS) is 24.6. The molecule has 2 aliphatic heterocycles. The van der Waals surface area contributed by atoms with Gasteiger partial charge in [-0.3, -0.25) is 14.5 Å². The summed E-state index contributed by atoms with van der Waals surface area (Å²) >= 11 is 1.41. The Hall–Kier alpha value is -3.25. The maximum atomic E-state index is 15.8. The highest BCUT2D eigenvalue weighted by molar-refractivity contribution is 7.16. The highest BCUT2D eigenvalue weighted by atomic mass is 32.1. The van der Waals surface area contributed by atoms with Crippen molar-refractivity contribution in [2.45, 2.75) is 38.5 Å². The number of alkyl halides is 3. The van der Waals surface area contributed by atoms with Crippen LogP contribution in [0.1, 0.15) is 20.3 Å². The van der Waals surface area contributed by atoms with Crippen LogP contribution >= 0.6 is 11.3 Å². The van der Waals surface area contributed by atoms with Crippen molar-refractivity contribution in [1.29, 1.82) is 0 Å². The highest BCUT2D eigenvalue weighted by Crippen LogP contribution is 2.40. The van der Waals surface area contributed by atoms with E-state index in [2.05, 4.69) is 20.5 Å². The van der Waals surface area contributed by atoms with Crippen LogP contribution in [0.5, 0.6) is 0 Å². The minimum atomic E-state index is -4.72. The number of carbonyl (C=O) groups excluding carboxylic acids is 2. The number of para-hydroxylation sites is 1. The monoisotopic (exact) mass is 563 g/mol. The van der Waals surface area contributed by atoms with Crippen LogP contribution in [0.25, 0.3) is 21.3 Å². The van der Waals surface area contributed by atoms with Crippen molar-refractivity contribution < 1.29 is 27.2 Å². The number of fused-ring (bicyclic) bond motifs is 1. The molecular weight excluding hydrogens is 534 g/mol. The largest absolute Gasteiger partial charge is 0.393 e. The standard InChI is InChI=1S/C27H29F4N5O2S/c1-14-11-36(12-15(2)35(14)3)22-9-20(28)17(16-5-4-6-23-25(16)33-13-39-23)7-21(22)34-26(38)18-10-32-24(37)8-19(18)27(29,30)31/h4-7,9,13-15,18-19H,8,10-12H2,1-3H3,(H,32,37)(H,34,38)/t14-,15+,18?,19?. The molecule has 12 heteroatoms. The lowest BCUT2D eigenvalue weighted by Crippen LogP contribution is -2.55. The number of anilines is 2. The summed E-state index contributed by atoms with van der Waals surface area (Å²) in [5.41, 5.74) is 3.57. The fraction of sp³-hybridized carbons (Fsp3) is 0.444. The van der Waals surface area contributed by atoms with E-state index in [0.29, 0.717) is 29.9 Å². The summed E-state index contributed by atoms with van der Waals surface area (Å²) in [4.78, 5) is 33.6. The number of hydrogen-bond acceptors (Lipinski definition) is 6. The Balaban J connectivity index is 1.57. The number of amides is 2. The Morgan fingerprint density at radius 2 is 1.87 bits per heavy atom. The van der Waals surface area contributed by atoms with Crippen molar-refractivity contribution >= 4 is 44.7 Å². The minimum Gasteiger partial charge on any atom is -0.367 e. The second-order valence-electron chi connectivity index (χ2n) is 10.4. The molecule has 2 N–H and O–H groups in total. The topological polar surface area (TPSA) is 77.6 Å². The van der Waals surface area contributed by atoms with Gasteiger partial charge in [0.1, 0.15) is 5.82 Å². The molecular formula is C27H29F4N5O2S. The third kappa shape index (κ3) is 5.31. The van der Waals surface area contributed by atoms with Crippen LogP contribution in [0.15, 0.2) is 35.8 Å². The second kappa shape index (κ2) is 10.4. The first-order valence-electron chi connectivity index (χ1n) is 12.7. The Kier molecular flexibility index (Phi) is 7.27. The fourth-order valence-corrected chi connectivity index (χ4v) is 6.16. The first kappa shape index (κ1) is 27.3. The van der Waals surface area contributed by atoms with Gasteiger partial charge < -0.3 is 15.5 Å². The molecule has 4 atom stereocenters. The van der Waals surface area contributed by atoms with Gasteiger partial charge in [0.05, 0.1) is 38.9 Å². The number of aromatic nitrogens is 1. The van der Waals surface area contributed by atoms with E-state index in [4.69, 9.17) is 0 Å². The third-order valence-electron chi connectivity index (χ3n) is 7.86. The molecule has 0 radical (unpaired) electrons. The van der Waals surface area contributed by atoms with Crippen molar-refractivity contribution in [2.24, 2.45) is 11.8 Å². The lowest BCUT2D eigenvalue weighted by atomic mass is 9.84. The van der Waals surface area contributed by atoms with Gasteiger partial charge in [-0.05, 0) is 39.1 Å². The van der Waals surface area contributed by atoms with Gasteiger partial charge >= 0.3 is 6.18 Å². The van der Waals surface area contributed by atoms with Gasteiger partial charge in [-0.1, -0.05) is 12.1 Å². The summed E-state index contributed by atoms with van der Waals surface area (Å²) in [5, 5.41) is 5.06. The van der Waals surface area contributed by atoms with Crippen LogP contribution in [0.3, 0.4) is 0 Å². The lowest BCUT2D eigenvalue weighted by Gasteiger charge is -2.44. The summed E-state index contributed by atoms with van der Waals surface area (Å²) in [6.45, 7) is 4.71. The van der Waals surface area contributed by atoms with Crippen LogP contribution in [0.2, 0.25) is 0 Å². The molecule has 3 heterocycles. The van der Waals surface area contributed by atoms with Gasteiger partial charge in [0, 0.05) is 49.3 Å². The minimum absolute atomic E-state index is 0.118. The molecule has 5 rings (SSSR count). The molecule has 0 saturated carbocycles. The summed E-state index contributed by atoms with van der Waals surface area (Å²) in [6.07, 6.45) is -5.54. The molecule has 2 unspecified atom stereocenters. The molecule has 1 aromatic heterocycles. The average Bonchev–Trinajstić information content (AvgIpc) is 3.36. The number of hydrogen-bond donors (Lipinski definition) is 2. The highest BCUT2D eigenvalue weighted by Gasteiger charge is 2.50. The smallest absolute Gasteiger partial charge is 0.367 e. The Bertz CT molecular complexity index is 1400. The fourth-order valence-electron chi connectivity index (χ4n) is 5.46. The number of halogens is 4. The predicted molar refractivity (Wildman–Crippen MR) is 143 cm³/mol. The van der Waals surface area contributed by atoms with Gasteiger partial charge in [-0.25, -0.2) is 9.37 Å². The van der Waals surface area contributed by atoms with Crippen LogP contribution in [0, 0.1) is 17.7 Å². The van der Waals surface area contributed by atoms with Crippen molar-refractivity contribution in [3.8, 4) is 11.1 Å². The average molecular weight is 564 g/mol. The maximum absolute atomic E-state index is 15.8. The molecule has 7 nitrogen and oxygen atoms in total. The first-order valence-corrected chi connectivity index (χ1v) is 13.6. The van der Waals surface area contributed by atoms with Crippen LogP contribution < -0.4 is 15.5 Å². The van der Waals surface area contributed by atoms with Gasteiger partial charge in [0.25, 0.3) is 0 Å². The van der Waals surface area contributed by atoms with E-state index in [0.717, 1.165) is 4.70 Å². The van der Waals surface area contributed by atoms with Crippen LogP contribution in [-0.2, 0) is 9.59 Å². The molecule has 208 valence electrons. The number of thiazole rings is 1. The zero-order valence-electron chi connectivity index (χ0n) is 21.7. The molecule has 0 spiro atoms. The lowest BCUT2D eigenvalue weighted by molar-refractivity contribution is -0.197. The molecule has 2 fully saturated rings. The van der Waals surface area contributed by atoms with Gasteiger partial charge in [0.2, 0.25) is 11.8 Å². The second-order valence-corrected chi connectivity index (χ2v) is 11.3. The summed E-state index contributed by atoms with van der Waals surface area (Å²) in [5.74, 6) is -5.78. The number of carbonyl (C=O) groups is 2. The van der Waals surface area contributed by atoms with E-state index >= 15 is 4.39 Å². The van der Waals surface area contributed by atoms with Crippen LogP contribution in [0.4, 0.5) is 28.9 Å². The summed E-state index contributed by atoms with van der Waals surface area (Å²) < 4.78 is 58.0. The van der Waals surface area contributed by atoms with E-state index in [1.807, 2.05) is 31.9 Å². The first-order chi connectivity index (χ1) is 18.4. The molecule has 0 bridgehead atoms. The zero-order chi connectivity index (χ0) is 28.1. The number of piperazine rings is 1. The molecule has 2 aliphatic rings.